The van der Waals surface area contributed by atoms with Crippen LogP contribution in [-0.4, -0.2) is 19.3 Å². The lowest BCUT2D eigenvalue weighted by atomic mass is 10.1. The molecule has 0 fully saturated rings. The average Bonchev–Trinajstić information content (AvgIpc) is 2.93. The molecule has 0 bridgehead atoms. The average molecular weight is 304 g/mol. The Morgan fingerprint density at radius 1 is 1.04 bits per heavy atom. The molecule has 112 valence electrons. The van der Waals surface area contributed by atoms with Crippen molar-refractivity contribution in [3.05, 3.63) is 70.4 Å². The van der Waals surface area contributed by atoms with Crippen molar-refractivity contribution in [1.82, 2.24) is 14.4 Å². The lowest BCUT2D eigenvalue weighted by molar-refractivity contribution is -0.384. The maximum absolute atomic E-state index is 10.8. The molecule has 0 saturated carbocycles. The fourth-order valence-electron chi connectivity index (χ4n) is 2.74. The molecule has 0 aliphatic carbocycles. The van der Waals surface area contributed by atoms with Gasteiger partial charge < -0.3 is 0 Å². The smallest absolute Gasteiger partial charge is 0.269 e. The largest absolute Gasteiger partial charge is 0.281 e. The van der Waals surface area contributed by atoms with Gasteiger partial charge in [-0.3, -0.25) is 14.5 Å². The predicted molar refractivity (Wildman–Crippen MR) is 87.3 cm³/mol. The highest BCUT2D eigenvalue weighted by Gasteiger charge is 2.11. The quantitative estimate of drug-likeness (QED) is 0.417. The Hall–Kier alpha value is -3.28. The number of hydrogen-bond donors (Lipinski definition) is 0. The topological polar surface area (TPSA) is 73.3 Å². The van der Waals surface area contributed by atoms with Crippen LogP contribution in [0.4, 0.5) is 5.69 Å². The van der Waals surface area contributed by atoms with E-state index in [1.165, 1.54) is 12.1 Å². The molecule has 0 radical (unpaired) electrons. The molecule has 0 atom stereocenters. The number of nitro groups is 1. The number of fused-ring (bicyclic) bond motifs is 3. The Balaban J connectivity index is 1.91. The summed E-state index contributed by atoms with van der Waals surface area (Å²) in [6.45, 7) is 2.00. The van der Waals surface area contributed by atoms with Crippen molar-refractivity contribution in [2.75, 3.05) is 0 Å². The molecule has 2 aromatic heterocycles. The SMILES string of the molecule is Cc1cc(-c2ccc([N+](=O)[O-])cc2)nc2nc3ccccc3n12. The number of rotatable bonds is 2. The number of nitro benzene ring substituents is 1. The molecule has 0 aliphatic heterocycles. The molecule has 0 amide bonds. The summed E-state index contributed by atoms with van der Waals surface area (Å²) in [7, 11) is 0. The summed E-state index contributed by atoms with van der Waals surface area (Å²) in [4.78, 5) is 19.5. The Kier molecular flexibility index (Phi) is 2.84. The van der Waals surface area contributed by atoms with Crippen LogP contribution in [0, 0.1) is 17.0 Å². The van der Waals surface area contributed by atoms with Crippen LogP contribution in [0.5, 0.6) is 0 Å². The van der Waals surface area contributed by atoms with E-state index < -0.39 is 4.92 Å². The molecule has 4 aromatic rings. The van der Waals surface area contributed by atoms with Crippen LogP contribution in [0.15, 0.2) is 54.6 Å². The van der Waals surface area contributed by atoms with Crippen LogP contribution < -0.4 is 0 Å². The maximum Gasteiger partial charge on any atom is 0.269 e. The lowest BCUT2D eigenvalue weighted by Crippen LogP contribution is -1.96. The Morgan fingerprint density at radius 2 is 1.78 bits per heavy atom. The maximum atomic E-state index is 10.8. The van der Waals surface area contributed by atoms with Crippen LogP contribution in [-0.2, 0) is 0 Å². The first kappa shape index (κ1) is 13.4. The fraction of sp³-hybridized carbons (Fsp3) is 0.0588. The third kappa shape index (κ3) is 2.12. The summed E-state index contributed by atoms with van der Waals surface area (Å²) < 4.78 is 2.00. The molecule has 0 spiro atoms. The second kappa shape index (κ2) is 4.88. The van der Waals surface area contributed by atoms with E-state index in [4.69, 9.17) is 0 Å². The van der Waals surface area contributed by atoms with Gasteiger partial charge >= 0.3 is 0 Å². The summed E-state index contributed by atoms with van der Waals surface area (Å²) in [5.41, 5.74) is 4.57. The molecule has 0 saturated heterocycles. The number of benzene rings is 2. The van der Waals surface area contributed by atoms with Gasteiger partial charge in [-0.05, 0) is 37.3 Å². The highest BCUT2D eigenvalue weighted by atomic mass is 16.6. The minimum Gasteiger partial charge on any atom is -0.281 e. The third-order valence-corrected chi connectivity index (χ3v) is 3.84. The van der Waals surface area contributed by atoms with Crippen LogP contribution in [0.25, 0.3) is 28.1 Å². The van der Waals surface area contributed by atoms with Gasteiger partial charge in [0.05, 0.1) is 21.7 Å². The molecule has 23 heavy (non-hydrogen) atoms. The van der Waals surface area contributed by atoms with Gasteiger partial charge in [-0.2, -0.15) is 0 Å². The van der Waals surface area contributed by atoms with Crippen LogP contribution in [0.1, 0.15) is 5.69 Å². The molecular weight excluding hydrogens is 292 g/mol. The highest BCUT2D eigenvalue weighted by molar-refractivity contribution is 5.80. The molecular formula is C17H12N4O2. The van der Waals surface area contributed by atoms with E-state index in [9.17, 15) is 10.1 Å². The van der Waals surface area contributed by atoms with E-state index in [0.29, 0.717) is 5.78 Å². The molecule has 0 N–H and O–H groups in total. The molecule has 0 unspecified atom stereocenters. The first-order valence-corrected chi connectivity index (χ1v) is 7.13. The van der Waals surface area contributed by atoms with Crippen molar-refractivity contribution in [1.29, 1.82) is 0 Å². The summed E-state index contributed by atoms with van der Waals surface area (Å²) in [5.74, 6) is 0.625. The van der Waals surface area contributed by atoms with E-state index >= 15 is 0 Å². The zero-order valence-electron chi connectivity index (χ0n) is 12.3. The zero-order chi connectivity index (χ0) is 16.0. The highest BCUT2D eigenvalue weighted by Crippen LogP contribution is 2.24. The van der Waals surface area contributed by atoms with Crippen LogP contribution in [0.3, 0.4) is 0 Å². The lowest BCUT2D eigenvalue weighted by Gasteiger charge is -2.05. The van der Waals surface area contributed by atoms with Crippen molar-refractivity contribution in [3.8, 4) is 11.3 Å². The Morgan fingerprint density at radius 3 is 2.52 bits per heavy atom. The monoisotopic (exact) mass is 304 g/mol. The fourth-order valence-corrected chi connectivity index (χ4v) is 2.74. The Labute approximate surface area is 131 Å². The van der Waals surface area contributed by atoms with Gasteiger partial charge in [0.2, 0.25) is 5.78 Å². The van der Waals surface area contributed by atoms with Crippen LogP contribution >= 0.6 is 0 Å². The van der Waals surface area contributed by atoms with Crippen molar-refractivity contribution in [3.63, 3.8) is 0 Å². The van der Waals surface area contributed by atoms with Gasteiger partial charge in [0.15, 0.2) is 0 Å². The minimum atomic E-state index is -0.410. The van der Waals surface area contributed by atoms with E-state index in [-0.39, 0.29) is 5.69 Å². The minimum absolute atomic E-state index is 0.0677. The van der Waals surface area contributed by atoms with E-state index in [0.717, 1.165) is 28.0 Å². The van der Waals surface area contributed by atoms with Crippen molar-refractivity contribution >= 4 is 22.5 Å². The molecule has 6 nitrogen and oxygen atoms in total. The van der Waals surface area contributed by atoms with Gasteiger partial charge in [0.1, 0.15) is 0 Å². The first-order chi connectivity index (χ1) is 11.1. The second-order valence-corrected chi connectivity index (χ2v) is 5.32. The molecule has 6 heteroatoms. The Bertz CT molecular complexity index is 1050. The number of hydrogen-bond acceptors (Lipinski definition) is 4. The summed E-state index contributed by atoms with van der Waals surface area (Å²) >= 11 is 0. The van der Waals surface area contributed by atoms with Gasteiger partial charge in [-0.1, -0.05) is 12.1 Å². The molecule has 2 heterocycles. The summed E-state index contributed by atoms with van der Waals surface area (Å²) in [6, 6.07) is 16.2. The first-order valence-electron chi connectivity index (χ1n) is 7.13. The van der Waals surface area contributed by atoms with Gasteiger partial charge in [0.25, 0.3) is 5.69 Å². The van der Waals surface area contributed by atoms with E-state index in [1.54, 1.807) is 12.1 Å². The third-order valence-electron chi connectivity index (χ3n) is 3.84. The number of nitrogens with zero attached hydrogens (tertiary/aromatic N) is 4. The van der Waals surface area contributed by atoms with Gasteiger partial charge in [-0.25, -0.2) is 9.97 Å². The number of para-hydroxylation sites is 2. The van der Waals surface area contributed by atoms with E-state index in [1.807, 2.05) is 41.7 Å². The van der Waals surface area contributed by atoms with E-state index in [2.05, 4.69) is 9.97 Å². The zero-order valence-corrected chi connectivity index (χ0v) is 12.3. The van der Waals surface area contributed by atoms with Gasteiger partial charge in [-0.15, -0.1) is 0 Å². The number of aromatic nitrogens is 3. The molecule has 2 aromatic carbocycles. The molecule has 0 aliphatic rings. The number of imidazole rings is 1. The standard InChI is InChI=1S/C17H12N4O2/c1-11-10-15(12-6-8-13(9-7-12)21(22)23)19-17-18-14-4-2-3-5-16(14)20(11)17/h2-10H,1H3. The van der Waals surface area contributed by atoms with Crippen molar-refractivity contribution in [2.24, 2.45) is 0 Å². The predicted octanol–water partition coefficient (Wildman–Crippen LogP) is 3.77. The van der Waals surface area contributed by atoms with Crippen molar-refractivity contribution in [2.45, 2.75) is 6.92 Å². The summed E-state index contributed by atoms with van der Waals surface area (Å²) in [6.07, 6.45) is 0. The molecule has 4 rings (SSSR count). The van der Waals surface area contributed by atoms with Crippen molar-refractivity contribution < 1.29 is 4.92 Å². The van der Waals surface area contributed by atoms with Crippen LogP contribution in [0.2, 0.25) is 0 Å². The van der Waals surface area contributed by atoms with Gasteiger partial charge in [0, 0.05) is 23.4 Å². The summed E-state index contributed by atoms with van der Waals surface area (Å²) in [5, 5.41) is 10.8. The number of non-ortho nitro benzene ring substituents is 1. The number of aryl methyl sites for hydroxylation is 1. The second-order valence-electron chi connectivity index (χ2n) is 5.32. The normalized spacial score (nSPS) is 11.2.